The lowest BCUT2D eigenvalue weighted by atomic mass is 10.6. The van der Waals surface area contributed by atoms with Crippen molar-refractivity contribution in [2.45, 2.75) is 0 Å². The van der Waals surface area contributed by atoms with Gasteiger partial charge in [0.1, 0.15) is 5.02 Å². The summed E-state index contributed by atoms with van der Waals surface area (Å²) in [6, 6.07) is 0. The Hall–Kier alpha value is -1.43. The molecule has 6 nitrogen and oxygen atoms in total. The van der Waals surface area contributed by atoms with Gasteiger partial charge in [-0.2, -0.15) is 0 Å². The van der Waals surface area contributed by atoms with E-state index < -0.39 is 0 Å². The van der Waals surface area contributed by atoms with Gasteiger partial charge in [-0.25, -0.2) is 4.79 Å². The highest BCUT2D eigenvalue weighted by Crippen LogP contribution is 2.09. The zero-order chi connectivity index (χ0) is 8.72. The number of aryl methyl sites for hydroxylation is 1. The molecule has 0 radical (unpaired) electrons. The Morgan fingerprint density at radius 2 is 2.33 bits per heavy atom. The molecule has 2 aromatic rings. The van der Waals surface area contributed by atoms with Crippen molar-refractivity contribution in [2.24, 2.45) is 7.05 Å². The van der Waals surface area contributed by atoms with Crippen LogP contribution in [-0.4, -0.2) is 24.6 Å². The molecule has 0 saturated heterocycles. The molecule has 0 amide bonds. The van der Waals surface area contributed by atoms with E-state index in [9.17, 15) is 4.79 Å². The lowest BCUT2D eigenvalue weighted by Crippen LogP contribution is -2.24. The highest BCUT2D eigenvalue weighted by atomic mass is 35.5. The van der Waals surface area contributed by atoms with Crippen LogP contribution >= 0.6 is 11.6 Å². The first-order valence-electron chi connectivity index (χ1n) is 3.13. The highest BCUT2D eigenvalue weighted by Gasteiger charge is 2.06. The minimum atomic E-state index is -0.320. The standard InChI is InChI=1S/C5H4ClN5O/c1-10-2-3(6)4-7-8-9-11(4)5(10)12/h2H,1H3. The molecule has 0 saturated carbocycles. The Labute approximate surface area is 71.4 Å². The summed E-state index contributed by atoms with van der Waals surface area (Å²) >= 11 is 5.75. The number of rotatable bonds is 0. The monoisotopic (exact) mass is 185 g/mol. The predicted octanol–water partition coefficient (Wildman–Crippen LogP) is -0.524. The average Bonchev–Trinajstić information content (AvgIpc) is 2.48. The summed E-state index contributed by atoms with van der Waals surface area (Å²) in [6.45, 7) is 0. The maximum atomic E-state index is 11.3. The third-order valence-corrected chi connectivity index (χ3v) is 1.74. The molecule has 0 spiro atoms. The number of hydrogen-bond donors (Lipinski definition) is 0. The van der Waals surface area contributed by atoms with Crippen LogP contribution in [0.2, 0.25) is 5.02 Å². The first-order valence-corrected chi connectivity index (χ1v) is 3.51. The second-order valence-electron chi connectivity index (χ2n) is 2.28. The Morgan fingerprint density at radius 1 is 1.58 bits per heavy atom. The zero-order valence-corrected chi connectivity index (χ0v) is 6.86. The van der Waals surface area contributed by atoms with Gasteiger partial charge in [0.05, 0.1) is 0 Å². The lowest BCUT2D eigenvalue weighted by molar-refractivity contribution is 0.713. The molecule has 2 aromatic heterocycles. The second kappa shape index (κ2) is 2.28. The van der Waals surface area contributed by atoms with Crippen LogP contribution in [0.3, 0.4) is 0 Å². The third kappa shape index (κ3) is 0.814. The van der Waals surface area contributed by atoms with Crippen LogP contribution < -0.4 is 5.69 Å². The normalized spacial score (nSPS) is 10.8. The van der Waals surface area contributed by atoms with E-state index in [2.05, 4.69) is 15.5 Å². The molecule has 0 N–H and O–H groups in total. The van der Waals surface area contributed by atoms with Gasteiger partial charge in [0, 0.05) is 13.2 Å². The van der Waals surface area contributed by atoms with Crippen molar-refractivity contribution in [1.82, 2.24) is 24.6 Å². The summed E-state index contributed by atoms with van der Waals surface area (Å²) in [6.07, 6.45) is 1.47. The number of halogens is 1. The van der Waals surface area contributed by atoms with E-state index in [1.54, 1.807) is 7.05 Å². The van der Waals surface area contributed by atoms with Gasteiger partial charge in [0.25, 0.3) is 0 Å². The van der Waals surface area contributed by atoms with Gasteiger partial charge < -0.3 is 4.57 Å². The summed E-state index contributed by atoms with van der Waals surface area (Å²) in [7, 11) is 1.58. The van der Waals surface area contributed by atoms with Crippen molar-refractivity contribution in [2.75, 3.05) is 0 Å². The first-order chi connectivity index (χ1) is 5.70. The van der Waals surface area contributed by atoms with E-state index in [4.69, 9.17) is 11.6 Å². The Kier molecular flexibility index (Phi) is 1.37. The van der Waals surface area contributed by atoms with Crippen LogP contribution in [0, 0.1) is 0 Å². The Bertz CT molecular complexity index is 486. The molecule has 7 heteroatoms. The summed E-state index contributed by atoms with van der Waals surface area (Å²) in [4.78, 5) is 11.3. The molecule has 2 heterocycles. The van der Waals surface area contributed by atoms with Gasteiger partial charge >= 0.3 is 5.69 Å². The lowest BCUT2D eigenvalue weighted by Gasteiger charge is -1.96. The van der Waals surface area contributed by atoms with Gasteiger partial charge in [-0.05, 0) is 10.4 Å². The first kappa shape index (κ1) is 7.23. The fourth-order valence-corrected chi connectivity index (χ4v) is 1.16. The predicted molar refractivity (Wildman–Crippen MR) is 41.0 cm³/mol. The largest absolute Gasteiger partial charge is 0.352 e. The molecule has 0 fully saturated rings. The molecular weight excluding hydrogens is 182 g/mol. The number of aromatic nitrogens is 5. The molecule has 0 aromatic carbocycles. The molecular formula is C5H4ClN5O. The van der Waals surface area contributed by atoms with E-state index in [0.29, 0.717) is 5.02 Å². The fraction of sp³-hybridized carbons (Fsp3) is 0.200. The molecule has 12 heavy (non-hydrogen) atoms. The molecule has 0 unspecified atom stereocenters. The number of fused-ring (bicyclic) bond motifs is 1. The summed E-state index contributed by atoms with van der Waals surface area (Å²) in [5, 5.41) is 10.7. The van der Waals surface area contributed by atoms with E-state index in [1.807, 2.05) is 0 Å². The van der Waals surface area contributed by atoms with Crippen LogP contribution in [0.15, 0.2) is 11.0 Å². The van der Waals surface area contributed by atoms with Crippen LogP contribution in [0.5, 0.6) is 0 Å². The average molecular weight is 186 g/mol. The van der Waals surface area contributed by atoms with E-state index in [1.165, 1.54) is 10.8 Å². The van der Waals surface area contributed by atoms with Crippen molar-refractivity contribution in [1.29, 1.82) is 0 Å². The van der Waals surface area contributed by atoms with Crippen molar-refractivity contribution in [3.8, 4) is 0 Å². The van der Waals surface area contributed by atoms with Crippen molar-refractivity contribution in [3.63, 3.8) is 0 Å². The maximum absolute atomic E-state index is 11.3. The summed E-state index contributed by atoms with van der Waals surface area (Å²) in [5.74, 6) is 0. The molecule has 0 atom stereocenters. The molecule has 0 aliphatic heterocycles. The molecule has 0 bridgehead atoms. The second-order valence-corrected chi connectivity index (χ2v) is 2.69. The van der Waals surface area contributed by atoms with Crippen molar-refractivity contribution < 1.29 is 0 Å². The van der Waals surface area contributed by atoms with Gasteiger partial charge in [-0.1, -0.05) is 11.6 Å². The fourth-order valence-electron chi connectivity index (χ4n) is 0.897. The quantitative estimate of drug-likeness (QED) is 0.554. The summed E-state index contributed by atoms with van der Waals surface area (Å²) < 4.78 is 2.36. The smallest absolute Gasteiger partial charge is 0.301 e. The van der Waals surface area contributed by atoms with Gasteiger partial charge in [-0.15, -0.1) is 9.61 Å². The van der Waals surface area contributed by atoms with Gasteiger partial charge in [0.15, 0.2) is 0 Å². The number of tetrazole rings is 1. The van der Waals surface area contributed by atoms with Gasteiger partial charge in [-0.3, -0.25) is 0 Å². The Balaban J connectivity index is 3.07. The highest BCUT2D eigenvalue weighted by molar-refractivity contribution is 6.33. The SMILES string of the molecule is Cn1cc(Cl)c2nnnn2c1=O. The molecule has 0 aliphatic carbocycles. The topological polar surface area (TPSA) is 65.1 Å². The molecule has 62 valence electrons. The van der Waals surface area contributed by atoms with Crippen LogP contribution in [0.25, 0.3) is 5.65 Å². The van der Waals surface area contributed by atoms with E-state index in [-0.39, 0.29) is 11.3 Å². The van der Waals surface area contributed by atoms with Crippen LogP contribution in [-0.2, 0) is 7.05 Å². The maximum Gasteiger partial charge on any atom is 0.352 e. The Morgan fingerprint density at radius 3 is 3.08 bits per heavy atom. The number of hydrogen-bond acceptors (Lipinski definition) is 4. The van der Waals surface area contributed by atoms with Crippen molar-refractivity contribution >= 4 is 17.2 Å². The van der Waals surface area contributed by atoms with Crippen LogP contribution in [0.1, 0.15) is 0 Å². The third-order valence-electron chi connectivity index (χ3n) is 1.47. The molecule has 0 aliphatic rings. The summed E-state index contributed by atoms with van der Waals surface area (Å²) in [5.41, 5.74) is -0.0424. The van der Waals surface area contributed by atoms with E-state index in [0.717, 1.165) is 4.52 Å². The molecule has 2 rings (SSSR count). The number of nitrogens with zero attached hydrogens (tertiary/aromatic N) is 5. The minimum Gasteiger partial charge on any atom is -0.301 e. The minimum absolute atomic E-state index is 0.278. The van der Waals surface area contributed by atoms with Gasteiger partial charge in [0.2, 0.25) is 5.65 Å². The zero-order valence-electron chi connectivity index (χ0n) is 6.10. The van der Waals surface area contributed by atoms with Crippen LogP contribution in [0.4, 0.5) is 0 Å². The van der Waals surface area contributed by atoms with Crippen molar-refractivity contribution in [3.05, 3.63) is 21.7 Å². The van der Waals surface area contributed by atoms with E-state index >= 15 is 0 Å².